The van der Waals surface area contributed by atoms with Gasteiger partial charge in [-0.25, -0.2) is 15.0 Å². The smallest absolute Gasteiger partial charge is 0.213 e. The summed E-state index contributed by atoms with van der Waals surface area (Å²) in [5, 5.41) is 7.72. The maximum Gasteiger partial charge on any atom is 0.213 e. The predicted molar refractivity (Wildman–Crippen MR) is 110 cm³/mol. The van der Waals surface area contributed by atoms with E-state index in [-0.39, 0.29) is 0 Å². The molecule has 0 aromatic carbocycles. The summed E-state index contributed by atoms with van der Waals surface area (Å²) in [6.07, 6.45) is 6.90. The number of aromatic nitrogens is 2. The standard InChI is InChI=1S/C20H29N5OS/c1-4-21-20(24-13-19-25-14(2)15(3)27-19)23-12-16-9-10-22-18(11-16)26-17-7-5-6-8-17/h9-11,17H,4-8,12-13H2,1-3H3,(H2,21,23,24). The number of guanidine groups is 1. The first-order valence-corrected chi connectivity index (χ1v) is 10.5. The fraction of sp³-hybridized carbons (Fsp3) is 0.550. The minimum Gasteiger partial charge on any atom is -0.474 e. The first kappa shape index (κ1) is 19.6. The molecule has 0 spiro atoms. The lowest BCUT2D eigenvalue weighted by atomic mass is 10.2. The fourth-order valence-corrected chi connectivity index (χ4v) is 3.95. The zero-order valence-electron chi connectivity index (χ0n) is 16.4. The first-order chi connectivity index (χ1) is 13.1. The Hall–Kier alpha value is -2.15. The minimum atomic E-state index is 0.320. The highest BCUT2D eigenvalue weighted by Gasteiger charge is 2.17. The summed E-state index contributed by atoms with van der Waals surface area (Å²) >= 11 is 1.72. The van der Waals surface area contributed by atoms with Gasteiger partial charge in [0, 0.05) is 23.7 Å². The van der Waals surface area contributed by atoms with Crippen molar-refractivity contribution in [3.05, 3.63) is 39.5 Å². The molecule has 0 bridgehead atoms. The van der Waals surface area contributed by atoms with E-state index in [1.807, 2.05) is 19.1 Å². The second-order valence-electron chi connectivity index (χ2n) is 6.82. The predicted octanol–water partition coefficient (Wildman–Crippen LogP) is 3.73. The molecule has 2 N–H and O–H groups in total. The lowest BCUT2D eigenvalue weighted by Crippen LogP contribution is -2.36. The summed E-state index contributed by atoms with van der Waals surface area (Å²) in [4.78, 5) is 14.9. The van der Waals surface area contributed by atoms with Gasteiger partial charge in [0.1, 0.15) is 11.1 Å². The Bertz CT molecular complexity index is 748. The van der Waals surface area contributed by atoms with Crippen molar-refractivity contribution in [2.45, 2.75) is 65.6 Å². The molecule has 6 nitrogen and oxygen atoms in total. The SMILES string of the molecule is CCNC(=NCc1ccnc(OC2CCCC2)c1)NCc1nc(C)c(C)s1. The van der Waals surface area contributed by atoms with Crippen LogP contribution in [0.5, 0.6) is 5.88 Å². The highest BCUT2D eigenvalue weighted by atomic mass is 32.1. The Morgan fingerprint density at radius 2 is 2.11 bits per heavy atom. The third kappa shape index (κ3) is 5.92. The van der Waals surface area contributed by atoms with Crippen molar-refractivity contribution < 1.29 is 4.74 Å². The van der Waals surface area contributed by atoms with Crippen LogP contribution in [0.25, 0.3) is 0 Å². The Morgan fingerprint density at radius 1 is 1.30 bits per heavy atom. The third-order valence-electron chi connectivity index (χ3n) is 4.63. The van der Waals surface area contributed by atoms with Gasteiger partial charge in [-0.2, -0.15) is 0 Å². The molecule has 0 aliphatic heterocycles. The molecule has 0 saturated heterocycles. The minimum absolute atomic E-state index is 0.320. The second kappa shape index (κ2) is 9.69. The highest BCUT2D eigenvalue weighted by molar-refractivity contribution is 7.11. The van der Waals surface area contributed by atoms with E-state index in [1.165, 1.54) is 17.7 Å². The number of aryl methyl sites for hydroxylation is 2. The van der Waals surface area contributed by atoms with E-state index in [0.717, 1.165) is 41.6 Å². The monoisotopic (exact) mass is 387 g/mol. The topological polar surface area (TPSA) is 71.4 Å². The van der Waals surface area contributed by atoms with Crippen molar-refractivity contribution in [1.82, 2.24) is 20.6 Å². The van der Waals surface area contributed by atoms with Crippen LogP contribution in [0.4, 0.5) is 0 Å². The quantitative estimate of drug-likeness (QED) is 0.559. The molecule has 1 fully saturated rings. The summed E-state index contributed by atoms with van der Waals surface area (Å²) in [5.41, 5.74) is 2.20. The number of aliphatic imine (C=N–C) groups is 1. The number of hydrogen-bond acceptors (Lipinski definition) is 5. The van der Waals surface area contributed by atoms with Gasteiger partial charge in [0.25, 0.3) is 0 Å². The van der Waals surface area contributed by atoms with Crippen LogP contribution in [0.2, 0.25) is 0 Å². The Kier molecular flexibility index (Phi) is 7.04. The van der Waals surface area contributed by atoms with Gasteiger partial charge in [-0.15, -0.1) is 11.3 Å². The second-order valence-corrected chi connectivity index (χ2v) is 8.11. The zero-order valence-corrected chi connectivity index (χ0v) is 17.2. The lowest BCUT2D eigenvalue weighted by molar-refractivity contribution is 0.201. The molecule has 0 unspecified atom stereocenters. The van der Waals surface area contributed by atoms with E-state index >= 15 is 0 Å². The Labute approximate surface area is 165 Å². The zero-order chi connectivity index (χ0) is 19.1. The van der Waals surface area contributed by atoms with Crippen LogP contribution < -0.4 is 15.4 Å². The van der Waals surface area contributed by atoms with Gasteiger partial charge < -0.3 is 15.4 Å². The average Bonchev–Trinajstić information content (AvgIpc) is 3.28. The van der Waals surface area contributed by atoms with Crippen molar-refractivity contribution in [1.29, 1.82) is 0 Å². The van der Waals surface area contributed by atoms with Gasteiger partial charge in [-0.1, -0.05) is 0 Å². The normalized spacial score (nSPS) is 15.1. The number of thiazole rings is 1. The number of rotatable bonds is 7. The van der Waals surface area contributed by atoms with E-state index in [0.29, 0.717) is 25.1 Å². The van der Waals surface area contributed by atoms with Crippen LogP contribution in [0.15, 0.2) is 23.3 Å². The molecule has 0 atom stereocenters. The summed E-state index contributed by atoms with van der Waals surface area (Å²) in [6.45, 7) is 8.28. The molecule has 7 heteroatoms. The van der Waals surface area contributed by atoms with Crippen LogP contribution in [-0.2, 0) is 13.1 Å². The molecule has 1 saturated carbocycles. The van der Waals surface area contributed by atoms with E-state index in [4.69, 9.17) is 4.74 Å². The van der Waals surface area contributed by atoms with Crippen LogP contribution >= 0.6 is 11.3 Å². The molecular formula is C20H29N5OS. The fourth-order valence-electron chi connectivity index (χ4n) is 3.08. The Morgan fingerprint density at radius 3 is 2.81 bits per heavy atom. The van der Waals surface area contributed by atoms with Gasteiger partial charge in [0.2, 0.25) is 5.88 Å². The van der Waals surface area contributed by atoms with Crippen molar-refractivity contribution in [2.75, 3.05) is 6.54 Å². The van der Waals surface area contributed by atoms with Gasteiger partial charge in [0.05, 0.1) is 18.8 Å². The average molecular weight is 388 g/mol. The maximum absolute atomic E-state index is 5.99. The molecule has 0 amide bonds. The van der Waals surface area contributed by atoms with Crippen molar-refractivity contribution in [3.63, 3.8) is 0 Å². The Balaban J connectivity index is 1.58. The molecule has 1 aliphatic carbocycles. The summed E-state index contributed by atoms with van der Waals surface area (Å²) in [7, 11) is 0. The number of pyridine rings is 1. The summed E-state index contributed by atoms with van der Waals surface area (Å²) in [6, 6.07) is 3.99. The number of hydrogen-bond donors (Lipinski definition) is 2. The molecule has 1 aliphatic rings. The molecule has 2 aromatic rings. The molecule has 2 heterocycles. The number of ether oxygens (including phenoxy) is 1. The van der Waals surface area contributed by atoms with Crippen molar-refractivity contribution in [2.24, 2.45) is 4.99 Å². The lowest BCUT2D eigenvalue weighted by Gasteiger charge is -2.13. The summed E-state index contributed by atoms with van der Waals surface area (Å²) in [5.74, 6) is 1.50. The van der Waals surface area contributed by atoms with E-state index in [2.05, 4.69) is 39.4 Å². The van der Waals surface area contributed by atoms with Crippen LogP contribution in [0.1, 0.15) is 53.7 Å². The highest BCUT2D eigenvalue weighted by Crippen LogP contribution is 2.23. The van der Waals surface area contributed by atoms with E-state index in [9.17, 15) is 0 Å². The first-order valence-electron chi connectivity index (χ1n) is 9.70. The van der Waals surface area contributed by atoms with Gasteiger partial charge in [-0.3, -0.25) is 0 Å². The maximum atomic E-state index is 5.99. The van der Waals surface area contributed by atoms with Crippen LogP contribution in [0, 0.1) is 13.8 Å². The molecule has 0 radical (unpaired) electrons. The summed E-state index contributed by atoms with van der Waals surface area (Å²) < 4.78 is 5.99. The molecular weight excluding hydrogens is 358 g/mol. The van der Waals surface area contributed by atoms with Crippen LogP contribution in [0.3, 0.4) is 0 Å². The van der Waals surface area contributed by atoms with Gasteiger partial charge >= 0.3 is 0 Å². The molecule has 3 rings (SSSR count). The van der Waals surface area contributed by atoms with Gasteiger partial charge in [-0.05, 0) is 58.1 Å². The third-order valence-corrected chi connectivity index (χ3v) is 5.71. The van der Waals surface area contributed by atoms with Crippen molar-refractivity contribution in [3.8, 4) is 5.88 Å². The van der Waals surface area contributed by atoms with Gasteiger partial charge in [0.15, 0.2) is 5.96 Å². The molecule has 2 aromatic heterocycles. The number of nitrogens with zero attached hydrogens (tertiary/aromatic N) is 3. The van der Waals surface area contributed by atoms with Crippen LogP contribution in [-0.4, -0.2) is 28.6 Å². The van der Waals surface area contributed by atoms with Crippen molar-refractivity contribution >= 4 is 17.3 Å². The molecule has 146 valence electrons. The van der Waals surface area contributed by atoms with E-state index < -0.39 is 0 Å². The molecule has 27 heavy (non-hydrogen) atoms. The van der Waals surface area contributed by atoms with E-state index in [1.54, 1.807) is 17.5 Å². The number of nitrogens with one attached hydrogen (secondary N) is 2. The largest absolute Gasteiger partial charge is 0.474 e.